The van der Waals surface area contributed by atoms with Crippen LogP contribution < -0.4 is 0 Å². The molecule has 4 heterocycles. The van der Waals surface area contributed by atoms with Gasteiger partial charge in [0, 0.05) is 57.9 Å². The molecule has 9 nitrogen and oxygen atoms in total. The molecule has 6 fully saturated rings. The molecule has 222 valence electrons. The molecule has 0 aromatic carbocycles. The van der Waals surface area contributed by atoms with E-state index in [1.54, 1.807) is 4.90 Å². The van der Waals surface area contributed by atoms with E-state index < -0.39 is 24.2 Å². The van der Waals surface area contributed by atoms with Gasteiger partial charge >= 0.3 is 0 Å². The van der Waals surface area contributed by atoms with Crippen molar-refractivity contribution >= 4 is 11.7 Å². The Labute approximate surface area is 236 Å². The highest BCUT2D eigenvalue weighted by Gasteiger charge is 2.60. The van der Waals surface area contributed by atoms with Gasteiger partial charge in [0.25, 0.3) is 5.91 Å². The van der Waals surface area contributed by atoms with Crippen molar-refractivity contribution in [3.05, 3.63) is 11.8 Å². The van der Waals surface area contributed by atoms with Gasteiger partial charge in [0.15, 0.2) is 5.78 Å². The van der Waals surface area contributed by atoms with Crippen LogP contribution in [-0.2, 0) is 19.1 Å². The van der Waals surface area contributed by atoms with E-state index in [-0.39, 0.29) is 48.5 Å². The lowest BCUT2D eigenvalue weighted by Crippen LogP contribution is -2.74. The summed E-state index contributed by atoms with van der Waals surface area (Å²) < 4.78 is 28.7. The second kappa shape index (κ2) is 11.2. The highest BCUT2D eigenvalue weighted by molar-refractivity contribution is 6.20. The number of aliphatic hydroxyl groups is 1. The van der Waals surface area contributed by atoms with Crippen LogP contribution >= 0.6 is 0 Å². The number of Topliss-reactive ketones (excluding diaryl/α,β-unsaturated/α-hetero) is 1. The molecule has 7 rings (SSSR count). The fourth-order valence-electron chi connectivity index (χ4n) is 9.22. The normalized spacial score (nSPS) is 42.5. The minimum absolute atomic E-state index is 0.00563. The number of fused-ring (bicyclic) bond motifs is 3. The highest BCUT2D eigenvalue weighted by atomic mass is 19.1. The molecular weight excluding hydrogens is 515 g/mol. The number of carbonyl (C=O) groups is 2. The van der Waals surface area contributed by atoms with Gasteiger partial charge in [0.2, 0.25) is 0 Å². The van der Waals surface area contributed by atoms with Crippen LogP contribution in [0.3, 0.4) is 0 Å². The second-order valence-corrected chi connectivity index (χ2v) is 13.2. The third-order valence-electron chi connectivity index (χ3n) is 11.2. The molecular formula is C30H45FN4O5. The van der Waals surface area contributed by atoms with Crippen LogP contribution in [0.15, 0.2) is 11.8 Å². The molecule has 7 aliphatic rings. The van der Waals surface area contributed by atoms with Crippen LogP contribution in [0.5, 0.6) is 0 Å². The summed E-state index contributed by atoms with van der Waals surface area (Å²) in [6, 6.07) is -0.507. The zero-order chi connectivity index (χ0) is 27.4. The van der Waals surface area contributed by atoms with E-state index in [1.807, 2.05) is 6.20 Å². The molecule has 0 radical (unpaired) electrons. The molecule has 40 heavy (non-hydrogen) atoms. The molecule has 0 aromatic rings. The maximum atomic E-state index is 16.3. The number of amides is 1. The molecule has 0 aromatic heterocycles. The molecule has 1 N–H and O–H groups in total. The molecule has 0 bridgehead atoms. The lowest BCUT2D eigenvalue weighted by atomic mass is 9.64. The minimum Gasteiger partial charge on any atom is -0.395 e. The summed E-state index contributed by atoms with van der Waals surface area (Å²) in [4.78, 5) is 36.2. The first-order valence-electron chi connectivity index (χ1n) is 15.8. The summed E-state index contributed by atoms with van der Waals surface area (Å²) in [7, 11) is 0. The van der Waals surface area contributed by atoms with E-state index in [0.29, 0.717) is 44.7 Å². The number of piperazine rings is 1. The maximum Gasteiger partial charge on any atom is 0.259 e. The van der Waals surface area contributed by atoms with Crippen LogP contribution in [0.4, 0.5) is 4.39 Å². The van der Waals surface area contributed by atoms with Crippen molar-refractivity contribution in [3.63, 3.8) is 0 Å². The van der Waals surface area contributed by atoms with Crippen LogP contribution in [0.25, 0.3) is 0 Å². The topological polar surface area (TPSA) is 85.8 Å². The largest absolute Gasteiger partial charge is 0.395 e. The number of halogens is 1. The van der Waals surface area contributed by atoms with Crippen molar-refractivity contribution in [1.82, 2.24) is 19.6 Å². The Kier molecular flexibility index (Phi) is 7.66. The monoisotopic (exact) mass is 560 g/mol. The number of ketones is 1. The number of rotatable bonds is 4. The minimum atomic E-state index is -1.19. The van der Waals surface area contributed by atoms with Crippen molar-refractivity contribution in [1.29, 1.82) is 0 Å². The molecule has 0 spiro atoms. The average Bonchev–Trinajstić information content (AvgIpc) is 2.98. The number of hydrogen-bond acceptors (Lipinski definition) is 8. The Bertz CT molecular complexity index is 999. The van der Waals surface area contributed by atoms with Crippen LogP contribution in [0.2, 0.25) is 0 Å². The third-order valence-corrected chi connectivity index (χ3v) is 11.2. The number of carbonyl (C=O) groups excluding carboxylic acids is 2. The number of ether oxygens (including phenoxy) is 2. The zero-order valence-corrected chi connectivity index (χ0v) is 23.5. The fraction of sp³-hybridized carbons (Fsp3) is 0.867. The number of nitrogens with zero attached hydrogens (tertiary/aromatic N) is 4. The first-order chi connectivity index (χ1) is 19.5. The Morgan fingerprint density at radius 2 is 1.70 bits per heavy atom. The van der Waals surface area contributed by atoms with E-state index in [0.717, 1.165) is 39.0 Å². The number of alkyl halides is 1. The number of aliphatic hydroxyl groups excluding tert-OH is 1. The fourth-order valence-corrected chi connectivity index (χ4v) is 9.22. The van der Waals surface area contributed by atoms with Crippen molar-refractivity contribution in [2.75, 3.05) is 65.6 Å². The summed E-state index contributed by atoms with van der Waals surface area (Å²) in [5.74, 6) is 0.311. The molecule has 10 heteroatoms. The standard InChI is InChI=1S/C30H45FN4O5/c31-23-17-21-26-29(27(23)33-7-5-32(6-8-33)9-12-36)40-25-16-20-4-2-1-3-19(20)15-24(25)35(26)18-22(28(21)37)30(38)34-10-13-39-14-11-34/h18-21,23-27,29,36H,1-17H2. The first-order valence-corrected chi connectivity index (χ1v) is 15.8. The van der Waals surface area contributed by atoms with E-state index in [4.69, 9.17) is 9.47 Å². The molecule has 3 saturated carbocycles. The number of hydrogen-bond donors (Lipinski definition) is 1. The zero-order valence-electron chi connectivity index (χ0n) is 23.5. The van der Waals surface area contributed by atoms with Crippen LogP contribution in [0, 0.1) is 17.8 Å². The third kappa shape index (κ3) is 4.71. The Hall–Kier alpha value is -1.59. The van der Waals surface area contributed by atoms with E-state index >= 15 is 4.39 Å². The van der Waals surface area contributed by atoms with E-state index in [9.17, 15) is 14.7 Å². The smallest absolute Gasteiger partial charge is 0.259 e. The maximum absolute atomic E-state index is 16.3. The molecule has 9 atom stereocenters. The van der Waals surface area contributed by atoms with E-state index in [1.165, 1.54) is 25.7 Å². The average molecular weight is 561 g/mol. The summed E-state index contributed by atoms with van der Waals surface area (Å²) in [5, 5.41) is 9.37. The van der Waals surface area contributed by atoms with Gasteiger partial charge in [-0.1, -0.05) is 25.7 Å². The van der Waals surface area contributed by atoms with Gasteiger partial charge in [0.05, 0.1) is 55.7 Å². The van der Waals surface area contributed by atoms with Gasteiger partial charge in [-0.25, -0.2) is 4.39 Å². The van der Waals surface area contributed by atoms with Crippen molar-refractivity contribution < 1.29 is 28.6 Å². The molecule has 4 aliphatic heterocycles. The lowest BCUT2D eigenvalue weighted by Gasteiger charge is -2.62. The molecule has 3 saturated heterocycles. The molecule has 3 aliphatic carbocycles. The van der Waals surface area contributed by atoms with Gasteiger partial charge in [-0.05, 0) is 31.1 Å². The summed E-state index contributed by atoms with van der Waals surface area (Å²) in [5.41, 5.74) is 0.233. The first kappa shape index (κ1) is 27.3. The van der Waals surface area contributed by atoms with Crippen molar-refractivity contribution in [2.45, 2.75) is 81.5 Å². The molecule has 9 unspecified atom stereocenters. The Morgan fingerprint density at radius 1 is 0.975 bits per heavy atom. The predicted molar refractivity (Wildman–Crippen MR) is 145 cm³/mol. The number of morpholine rings is 2. The Balaban J connectivity index is 1.22. The van der Waals surface area contributed by atoms with Gasteiger partial charge in [-0.2, -0.15) is 0 Å². The number of β-amino-alcohol motifs (C(OH)–C–C–N with tert-alkyl or cyclic N) is 1. The highest BCUT2D eigenvalue weighted by Crippen LogP contribution is 2.50. The van der Waals surface area contributed by atoms with Gasteiger partial charge in [0.1, 0.15) is 6.17 Å². The van der Waals surface area contributed by atoms with Gasteiger partial charge in [-0.15, -0.1) is 0 Å². The summed E-state index contributed by atoms with van der Waals surface area (Å²) in [6.45, 7) is 5.73. The van der Waals surface area contributed by atoms with Gasteiger partial charge in [-0.3, -0.25) is 19.4 Å². The van der Waals surface area contributed by atoms with E-state index in [2.05, 4.69) is 14.7 Å². The molecule has 1 amide bonds. The summed E-state index contributed by atoms with van der Waals surface area (Å²) >= 11 is 0. The van der Waals surface area contributed by atoms with Crippen molar-refractivity contribution in [2.24, 2.45) is 17.8 Å². The van der Waals surface area contributed by atoms with Crippen LogP contribution in [-0.4, -0.2) is 139 Å². The lowest BCUT2D eigenvalue weighted by molar-refractivity contribution is -0.222. The second-order valence-electron chi connectivity index (χ2n) is 13.2. The predicted octanol–water partition coefficient (Wildman–Crippen LogP) is 1.06. The SMILES string of the molecule is O=C1C(C(=O)N2CCOCC2)=CN2C3CC4CCCCC4CC3OC3C(N4CCN(CCO)CC4)C(F)CC1C32. The summed E-state index contributed by atoms with van der Waals surface area (Å²) in [6.07, 6.45) is 7.47. The van der Waals surface area contributed by atoms with Crippen molar-refractivity contribution in [3.8, 4) is 0 Å². The quantitative estimate of drug-likeness (QED) is 0.511. The Morgan fingerprint density at radius 3 is 2.42 bits per heavy atom. The van der Waals surface area contributed by atoms with Crippen LogP contribution in [0.1, 0.15) is 44.9 Å². The van der Waals surface area contributed by atoms with Gasteiger partial charge < -0.3 is 24.4 Å².